The molecule has 0 spiro atoms. The number of carbonyl (C=O) groups is 1. The van der Waals surface area contributed by atoms with Gasteiger partial charge in [-0.25, -0.2) is 0 Å². The predicted molar refractivity (Wildman–Crippen MR) is 87.9 cm³/mol. The van der Waals surface area contributed by atoms with Crippen LogP contribution in [0, 0.1) is 0 Å². The molecule has 0 radical (unpaired) electrons. The van der Waals surface area contributed by atoms with Gasteiger partial charge in [0.2, 0.25) is 0 Å². The van der Waals surface area contributed by atoms with Crippen LogP contribution in [-0.4, -0.2) is 15.6 Å². The maximum Gasteiger partial charge on any atom is 0.163 e. The minimum atomic E-state index is 0.0536. The van der Waals surface area contributed by atoms with Crippen molar-refractivity contribution in [2.24, 2.45) is 7.05 Å². The molecule has 3 rings (SSSR count). The fourth-order valence-electron chi connectivity index (χ4n) is 2.72. The Morgan fingerprint density at radius 1 is 1.00 bits per heavy atom. The van der Waals surface area contributed by atoms with Crippen LogP contribution in [0.5, 0.6) is 0 Å². The molecule has 0 bridgehead atoms. The Morgan fingerprint density at radius 2 is 1.59 bits per heavy atom. The maximum absolute atomic E-state index is 12.2. The summed E-state index contributed by atoms with van der Waals surface area (Å²) >= 11 is 0. The van der Waals surface area contributed by atoms with Gasteiger partial charge >= 0.3 is 0 Å². The summed E-state index contributed by atoms with van der Waals surface area (Å²) < 4.78 is 1.83. The Hall–Kier alpha value is -2.68. The van der Waals surface area contributed by atoms with Crippen molar-refractivity contribution in [1.29, 1.82) is 0 Å². The number of aryl methyl sites for hydroxylation is 1. The molecule has 110 valence electrons. The van der Waals surface area contributed by atoms with Gasteiger partial charge in [-0.3, -0.25) is 9.48 Å². The minimum absolute atomic E-state index is 0.0536. The average Bonchev–Trinajstić information content (AvgIpc) is 2.86. The number of Topliss-reactive ketones (excluding diaryl/α,β-unsaturated/α-hetero) is 1. The molecular formula is C19H18N2O. The highest BCUT2D eigenvalue weighted by Gasteiger charge is 2.20. The highest BCUT2D eigenvalue weighted by Crippen LogP contribution is 2.27. The first kappa shape index (κ1) is 14.3. The van der Waals surface area contributed by atoms with Gasteiger partial charge in [-0.2, -0.15) is 5.10 Å². The number of aromatic nitrogens is 2. The lowest BCUT2D eigenvalue weighted by molar-refractivity contribution is 0.101. The molecule has 0 saturated carbocycles. The van der Waals surface area contributed by atoms with Crippen LogP contribution in [0.25, 0.3) is 11.3 Å². The van der Waals surface area contributed by atoms with Crippen LogP contribution in [0.2, 0.25) is 0 Å². The quantitative estimate of drug-likeness (QED) is 0.683. The zero-order chi connectivity index (χ0) is 15.5. The third-order valence-corrected chi connectivity index (χ3v) is 3.78. The van der Waals surface area contributed by atoms with Crippen LogP contribution < -0.4 is 0 Å². The van der Waals surface area contributed by atoms with Crippen molar-refractivity contribution >= 4 is 5.78 Å². The zero-order valence-electron chi connectivity index (χ0n) is 12.8. The molecule has 0 fully saturated rings. The molecule has 0 atom stereocenters. The van der Waals surface area contributed by atoms with Gasteiger partial charge in [0.05, 0.1) is 11.3 Å². The summed E-state index contributed by atoms with van der Waals surface area (Å²) in [6.07, 6.45) is 0.700. The van der Waals surface area contributed by atoms with Crippen LogP contribution in [0.1, 0.15) is 28.5 Å². The monoisotopic (exact) mass is 290 g/mol. The van der Waals surface area contributed by atoms with Crippen LogP contribution >= 0.6 is 0 Å². The molecule has 0 aliphatic heterocycles. The number of rotatable bonds is 4. The van der Waals surface area contributed by atoms with Crippen LogP contribution in [0.4, 0.5) is 0 Å². The van der Waals surface area contributed by atoms with Crippen LogP contribution in [0.3, 0.4) is 0 Å². The fraction of sp³-hybridized carbons (Fsp3) is 0.158. The number of hydrogen-bond donors (Lipinski definition) is 0. The third-order valence-electron chi connectivity index (χ3n) is 3.78. The summed E-state index contributed by atoms with van der Waals surface area (Å²) in [6, 6.07) is 20.0. The standard InChI is InChI=1S/C19H18N2O/c1-14(22)18-17(13-15-9-5-3-6-10-15)21(2)20-19(18)16-11-7-4-8-12-16/h3-12H,13H2,1-2H3. The summed E-state index contributed by atoms with van der Waals surface area (Å²) in [4.78, 5) is 12.2. The van der Waals surface area contributed by atoms with E-state index in [-0.39, 0.29) is 5.78 Å². The van der Waals surface area contributed by atoms with E-state index in [1.165, 1.54) is 5.56 Å². The van der Waals surface area contributed by atoms with Gasteiger partial charge in [-0.05, 0) is 12.5 Å². The SMILES string of the molecule is CC(=O)c1c(-c2ccccc2)nn(C)c1Cc1ccccc1. The second kappa shape index (κ2) is 5.98. The molecule has 1 aromatic heterocycles. The van der Waals surface area contributed by atoms with Crippen molar-refractivity contribution in [3.63, 3.8) is 0 Å². The molecule has 3 nitrogen and oxygen atoms in total. The first-order chi connectivity index (χ1) is 10.7. The molecule has 0 unspecified atom stereocenters. The summed E-state index contributed by atoms with van der Waals surface area (Å²) in [6.45, 7) is 1.61. The van der Waals surface area contributed by atoms with Crippen molar-refractivity contribution in [3.05, 3.63) is 77.5 Å². The first-order valence-electron chi connectivity index (χ1n) is 7.33. The van der Waals surface area contributed by atoms with Gasteiger partial charge < -0.3 is 0 Å². The largest absolute Gasteiger partial charge is 0.294 e. The van der Waals surface area contributed by atoms with Gasteiger partial charge in [-0.1, -0.05) is 60.7 Å². The molecule has 1 heterocycles. The predicted octanol–water partition coefficient (Wildman–Crippen LogP) is 3.88. The number of benzene rings is 2. The van der Waals surface area contributed by atoms with Crippen molar-refractivity contribution in [1.82, 2.24) is 9.78 Å². The Morgan fingerprint density at radius 3 is 2.18 bits per heavy atom. The Kier molecular flexibility index (Phi) is 3.88. The minimum Gasteiger partial charge on any atom is -0.294 e. The Balaban J connectivity index is 2.11. The molecule has 0 aliphatic carbocycles. The van der Waals surface area contributed by atoms with E-state index in [9.17, 15) is 4.79 Å². The number of hydrogen-bond acceptors (Lipinski definition) is 2. The summed E-state index contributed by atoms with van der Waals surface area (Å²) in [5.41, 5.74) is 4.59. The summed E-state index contributed by atoms with van der Waals surface area (Å²) in [7, 11) is 1.90. The molecule has 3 aromatic rings. The number of nitrogens with zero attached hydrogens (tertiary/aromatic N) is 2. The smallest absolute Gasteiger partial charge is 0.163 e. The van der Waals surface area contributed by atoms with Gasteiger partial charge in [0, 0.05) is 19.0 Å². The van der Waals surface area contributed by atoms with E-state index in [2.05, 4.69) is 17.2 Å². The molecule has 2 aromatic carbocycles. The Bertz CT molecular complexity index is 789. The van der Waals surface area contributed by atoms with Gasteiger partial charge in [0.25, 0.3) is 0 Å². The maximum atomic E-state index is 12.2. The molecule has 0 aliphatic rings. The van der Waals surface area contributed by atoms with Gasteiger partial charge in [0.1, 0.15) is 5.69 Å². The highest BCUT2D eigenvalue weighted by molar-refractivity contribution is 6.01. The molecule has 3 heteroatoms. The lowest BCUT2D eigenvalue weighted by Gasteiger charge is -2.05. The van der Waals surface area contributed by atoms with Crippen LogP contribution in [-0.2, 0) is 13.5 Å². The van der Waals surface area contributed by atoms with E-state index < -0.39 is 0 Å². The highest BCUT2D eigenvalue weighted by atomic mass is 16.1. The van der Waals surface area contributed by atoms with E-state index >= 15 is 0 Å². The van der Waals surface area contributed by atoms with E-state index in [0.29, 0.717) is 6.42 Å². The third kappa shape index (κ3) is 2.70. The van der Waals surface area contributed by atoms with Crippen molar-refractivity contribution in [2.45, 2.75) is 13.3 Å². The van der Waals surface area contributed by atoms with Gasteiger partial charge in [0.15, 0.2) is 5.78 Å². The van der Waals surface area contributed by atoms with Crippen molar-refractivity contribution in [2.75, 3.05) is 0 Å². The normalized spacial score (nSPS) is 10.6. The lowest BCUT2D eigenvalue weighted by atomic mass is 9.99. The fourth-order valence-corrected chi connectivity index (χ4v) is 2.72. The zero-order valence-corrected chi connectivity index (χ0v) is 12.8. The molecule has 22 heavy (non-hydrogen) atoms. The van der Waals surface area contributed by atoms with E-state index in [0.717, 1.165) is 22.5 Å². The second-order valence-corrected chi connectivity index (χ2v) is 5.38. The summed E-state index contributed by atoms with van der Waals surface area (Å²) in [5.74, 6) is 0.0536. The molecular weight excluding hydrogens is 272 g/mol. The van der Waals surface area contributed by atoms with Crippen molar-refractivity contribution < 1.29 is 4.79 Å². The van der Waals surface area contributed by atoms with E-state index in [1.807, 2.05) is 60.3 Å². The molecule has 0 N–H and O–H groups in total. The van der Waals surface area contributed by atoms with Gasteiger partial charge in [-0.15, -0.1) is 0 Å². The second-order valence-electron chi connectivity index (χ2n) is 5.38. The van der Waals surface area contributed by atoms with Crippen LogP contribution in [0.15, 0.2) is 60.7 Å². The van der Waals surface area contributed by atoms with E-state index in [4.69, 9.17) is 0 Å². The Labute approximate surface area is 130 Å². The molecule has 0 amide bonds. The lowest BCUT2D eigenvalue weighted by Crippen LogP contribution is -2.04. The van der Waals surface area contributed by atoms with E-state index in [1.54, 1.807) is 6.92 Å². The first-order valence-corrected chi connectivity index (χ1v) is 7.33. The topological polar surface area (TPSA) is 34.9 Å². The number of carbonyl (C=O) groups excluding carboxylic acids is 1. The average molecular weight is 290 g/mol. The van der Waals surface area contributed by atoms with Crippen molar-refractivity contribution in [3.8, 4) is 11.3 Å². The summed E-state index contributed by atoms with van der Waals surface area (Å²) in [5, 5.41) is 4.59. The molecule has 0 saturated heterocycles. The number of ketones is 1.